The number of carbonyl (C=O) groups is 3. The normalized spacial score (nSPS) is 20.3. The van der Waals surface area contributed by atoms with Crippen LogP contribution in [0.25, 0.3) is 0 Å². The second-order valence-electron chi connectivity index (χ2n) is 4.59. The van der Waals surface area contributed by atoms with E-state index < -0.39 is 23.3 Å². The molecule has 0 aromatic carbocycles. The van der Waals surface area contributed by atoms with E-state index in [0.717, 1.165) is 0 Å². The van der Waals surface area contributed by atoms with Crippen LogP contribution in [0, 0.1) is 11.3 Å². The number of rotatable bonds is 3. The second-order valence-corrected chi connectivity index (χ2v) is 4.59. The molecule has 0 bridgehead atoms. The van der Waals surface area contributed by atoms with Crippen molar-refractivity contribution in [3.05, 3.63) is 11.6 Å². The van der Waals surface area contributed by atoms with E-state index in [2.05, 4.69) is 10.6 Å². The first-order valence-corrected chi connectivity index (χ1v) is 5.70. The highest BCUT2D eigenvalue weighted by atomic mass is 16.2. The van der Waals surface area contributed by atoms with Gasteiger partial charge in [0.15, 0.2) is 0 Å². The molecule has 2 N–H and O–H groups in total. The van der Waals surface area contributed by atoms with Crippen LogP contribution >= 0.6 is 0 Å². The summed E-state index contributed by atoms with van der Waals surface area (Å²) in [5.41, 5.74) is -0.574. The SMILES string of the molecule is CCC1(C(C)=CC(C)C)C(=O)NC(=O)NC1=O. The van der Waals surface area contributed by atoms with Gasteiger partial charge in [-0.05, 0) is 19.3 Å². The number of amides is 4. The van der Waals surface area contributed by atoms with Gasteiger partial charge in [0.25, 0.3) is 0 Å². The molecular weight excluding hydrogens is 220 g/mol. The zero-order chi connectivity index (χ0) is 13.2. The Morgan fingerprint density at radius 2 is 1.71 bits per heavy atom. The van der Waals surface area contributed by atoms with Gasteiger partial charge in [0, 0.05) is 0 Å². The summed E-state index contributed by atoms with van der Waals surface area (Å²) in [5, 5.41) is 4.31. The standard InChI is InChI=1S/C12H18N2O3/c1-5-12(8(4)6-7(2)3)9(15)13-11(17)14-10(12)16/h6-7H,5H2,1-4H3,(H2,13,14,15,16,17). The smallest absolute Gasteiger partial charge is 0.277 e. The molecule has 1 fully saturated rings. The summed E-state index contributed by atoms with van der Waals surface area (Å²) in [5.74, 6) is -0.844. The van der Waals surface area contributed by atoms with E-state index in [1.54, 1.807) is 13.8 Å². The third-order valence-electron chi connectivity index (χ3n) is 3.02. The van der Waals surface area contributed by atoms with Gasteiger partial charge < -0.3 is 0 Å². The molecule has 4 amide bonds. The van der Waals surface area contributed by atoms with Gasteiger partial charge in [0.2, 0.25) is 11.8 Å². The first-order valence-electron chi connectivity index (χ1n) is 5.70. The molecule has 1 saturated heterocycles. The average Bonchev–Trinajstić information content (AvgIpc) is 2.16. The Labute approximate surface area is 101 Å². The van der Waals surface area contributed by atoms with Crippen molar-refractivity contribution in [1.29, 1.82) is 0 Å². The largest absolute Gasteiger partial charge is 0.328 e. The Hall–Kier alpha value is -1.65. The number of imide groups is 2. The molecule has 94 valence electrons. The van der Waals surface area contributed by atoms with Crippen LogP contribution in [0.2, 0.25) is 0 Å². The topological polar surface area (TPSA) is 75.3 Å². The maximum Gasteiger partial charge on any atom is 0.328 e. The molecule has 0 aliphatic carbocycles. The highest BCUT2D eigenvalue weighted by Crippen LogP contribution is 2.34. The van der Waals surface area contributed by atoms with Crippen LogP contribution in [-0.4, -0.2) is 17.8 Å². The van der Waals surface area contributed by atoms with Gasteiger partial charge in [0.1, 0.15) is 5.41 Å². The summed E-state index contributed by atoms with van der Waals surface area (Å²) in [6.45, 7) is 7.44. The monoisotopic (exact) mass is 238 g/mol. The third kappa shape index (κ3) is 2.23. The van der Waals surface area contributed by atoms with E-state index >= 15 is 0 Å². The van der Waals surface area contributed by atoms with Crippen molar-refractivity contribution in [3.8, 4) is 0 Å². The van der Waals surface area contributed by atoms with Crippen molar-refractivity contribution in [2.45, 2.75) is 34.1 Å². The van der Waals surface area contributed by atoms with Gasteiger partial charge in [-0.1, -0.05) is 32.4 Å². The van der Waals surface area contributed by atoms with E-state index in [1.807, 2.05) is 19.9 Å². The Balaban J connectivity index is 3.22. The van der Waals surface area contributed by atoms with Gasteiger partial charge in [-0.15, -0.1) is 0 Å². The molecule has 0 aromatic rings. The molecule has 17 heavy (non-hydrogen) atoms. The lowest BCUT2D eigenvalue weighted by molar-refractivity contribution is -0.141. The molecule has 0 atom stereocenters. The van der Waals surface area contributed by atoms with E-state index in [-0.39, 0.29) is 5.92 Å². The van der Waals surface area contributed by atoms with E-state index in [0.29, 0.717) is 12.0 Å². The number of hydrogen-bond donors (Lipinski definition) is 2. The van der Waals surface area contributed by atoms with Crippen molar-refractivity contribution in [3.63, 3.8) is 0 Å². The third-order valence-corrected chi connectivity index (χ3v) is 3.02. The number of carbonyl (C=O) groups excluding carboxylic acids is 3. The highest BCUT2D eigenvalue weighted by molar-refractivity contribution is 6.21. The Morgan fingerprint density at radius 3 is 2.06 bits per heavy atom. The minimum atomic E-state index is -1.25. The van der Waals surface area contributed by atoms with Crippen LogP contribution in [0.4, 0.5) is 4.79 Å². The van der Waals surface area contributed by atoms with E-state index in [1.165, 1.54) is 0 Å². The number of barbiturate groups is 1. The molecule has 0 unspecified atom stereocenters. The fraction of sp³-hybridized carbons (Fsp3) is 0.583. The Bertz CT molecular complexity index is 377. The predicted octanol–water partition coefficient (Wildman–Crippen LogP) is 1.35. The minimum Gasteiger partial charge on any atom is -0.277 e. The van der Waals surface area contributed by atoms with Crippen LogP contribution in [0.1, 0.15) is 34.1 Å². The first-order chi connectivity index (χ1) is 7.84. The van der Waals surface area contributed by atoms with Crippen LogP contribution in [-0.2, 0) is 9.59 Å². The van der Waals surface area contributed by atoms with Crippen molar-refractivity contribution in [2.24, 2.45) is 11.3 Å². The fourth-order valence-corrected chi connectivity index (χ4v) is 2.15. The quantitative estimate of drug-likeness (QED) is 0.575. The lowest BCUT2D eigenvalue weighted by atomic mass is 9.74. The second kappa shape index (κ2) is 4.69. The fourth-order valence-electron chi connectivity index (χ4n) is 2.15. The van der Waals surface area contributed by atoms with Crippen molar-refractivity contribution < 1.29 is 14.4 Å². The Kier molecular flexibility index (Phi) is 3.70. The molecule has 1 heterocycles. The highest BCUT2D eigenvalue weighted by Gasteiger charge is 2.50. The zero-order valence-corrected chi connectivity index (χ0v) is 10.6. The number of urea groups is 1. The van der Waals surface area contributed by atoms with Gasteiger partial charge >= 0.3 is 6.03 Å². The molecule has 0 saturated carbocycles. The summed E-state index contributed by atoms with van der Waals surface area (Å²) in [6, 6.07) is -0.749. The molecule has 1 aliphatic heterocycles. The number of nitrogens with one attached hydrogen (secondary N) is 2. The lowest BCUT2D eigenvalue weighted by Crippen LogP contribution is -2.62. The van der Waals surface area contributed by atoms with Crippen molar-refractivity contribution in [2.75, 3.05) is 0 Å². The summed E-state index contributed by atoms with van der Waals surface area (Å²) >= 11 is 0. The molecular formula is C12H18N2O3. The van der Waals surface area contributed by atoms with E-state index in [4.69, 9.17) is 0 Å². The molecule has 0 radical (unpaired) electrons. The lowest BCUT2D eigenvalue weighted by Gasteiger charge is -2.34. The van der Waals surface area contributed by atoms with Gasteiger partial charge in [-0.2, -0.15) is 0 Å². The van der Waals surface area contributed by atoms with Crippen LogP contribution in [0.3, 0.4) is 0 Å². The predicted molar refractivity (Wildman–Crippen MR) is 63.0 cm³/mol. The summed E-state index contributed by atoms with van der Waals surface area (Å²) in [7, 11) is 0. The van der Waals surface area contributed by atoms with Crippen LogP contribution in [0.15, 0.2) is 11.6 Å². The maximum atomic E-state index is 12.0. The van der Waals surface area contributed by atoms with Gasteiger partial charge in [-0.3, -0.25) is 20.2 Å². The summed E-state index contributed by atoms with van der Waals surface area (Å²) in [4.78, 5) is 35.0. The molecule has 5 heteroatoms. The van der Waals surface area contributed by atoms with Gasteiger partial charge in [0.05, 0.1) is 0 Å². The maximum absolute atomic E-state index is 12.0. The molecule has 0 spiro atoms. The van der Waals surface area contributed by atoms with Crippen LogP contribution in [0.5, 0.6) is 0 Å². The number of allylic oxidation sites excluding steroid dienone is 1. The van der Waals surface area contributed by atoms with Crippen LogP contribution < -0.4 is 10.6 Å². The van der Waals surface area contributed by atoms with Gasteiger partial charge in [-0.25, -0.2) is 4.79 Å². The van der Waals surface area contributed by atoms with Crippen molar-refractivity contribution >= 4 is 17.8 Å². The van der Waals surface area contributed by atoms with Crippen molar-refractivity contribution in [1.82, 2.24) is 10.6 Å². The Morgan fingerprint density at radius 1 is 1.24 bits per heavy atom. The van der Waals surface area contributed by atoms with E-state index in [9.17, 15) is 14.4 Å². The summed E-state index contributed by atoms with van der Waals surface area (Å²) < 4.78 is 0. The average molecular weight is 238 g/mol. The molecule has 1 aliphatic rings. The number of hydrogen-bond acceptors (Lipinski definition) is 3. The minimum absolute atomic E-state index is 0.233. The molecule has 1 rings (SSSR count). The molecule has 0 aromatic heterocycles. The molecule has 5 nitrogen and oxygen atoms in total. The first kappa shape index (κ1) is 13.4. The summed E-state index contributed by atoms with van der Waals surface area (Å²) in [6.07, 6.45) is 2.20. The zero-order valence-electron chi connectivity index (χ0n) is 10.6.